The molecule has 0 aromatic heterocycles. The standard InChI is InChI=1S/C8H8/c1-4-7-8(5-2)6-3/h2,4,6-7H,1,3H2/b8-7-. The van der Waals surface area contributed by atoms with Gasteiger partial charge in [0.25, 0.3) is 0 Å². The van der Waals surface area contributed by atoms with Crippen LogP contribution >= 0.6 is 0 Å². The first-order valence-electron chi connectivity index (χ1n) is 2.27. The lowest BCUT2D eigenvalue weighted by atomic mass is 10.2. The zero-order valence-corrected chi connectivity index (χ0v) is 4.72. The van der Waals surface area contributed by atoms with Gasteiger partial charge in [-0.2, -0.15) is 0 Å². The third-order valence-corrected chi connectivity index (χ3v) is 0.684. The minimum absolute atomic E-state index is 0.764. The molecule has 8 heavy (non-hydrogen) atoms. The van der Waals surface area contributed by atoms with Crippen LogP contribution in [0.25, 0.3) is 0 Å². The highest BCUT2D eigenvalue weighted by Gasteiger charge is 1.74. The Morgan fingerprint density at radius 3 is 2.25 bits per heavy atom. The molecule has 0 amide bonds. The molecule has 0 nitrogen and oxygen atoms in total. The zero-order valence-electron chi connectivity index (χ0n) is 4.72. The molecule has 0 aliphatic heterocycles. The summed E-state index contributed by atoms with van der Waals surface area (Å²) in [6.45, 7) is 6.97. The first kappa shape index (κ1) is 6.78. The molecule has 0 rings (SSSR count). The molecule has 0 atom stereocenters. The highest BCUT2D eigenvalue weighted by Crippen LogP contribution is 1.90. The van der Waals surface area contributed by atoms with Gasteiger partial charge in [-0.1, -0.05) is 31.2 Å². The first-order chi connectivity index (χ1) is 3.85. The molecule has 40 valence electrons. The minimum atomic E-state index is 0.764. The van der Waals surface area contributed by atoms with E-state index in [9.17, 15) is 0 Å². The van der Waals surface area contributed by atoms with E-state index >= 15 is 0 Å². The van der Waals surface area contributed by atoms with Crippen LogP contribution < -0.4 is 0 Å². The molecular weight excluding hydrogens is 96.1 g/mol. The van der Waals surface area contributed by atoms with Gasteiger partial charge < -0.3 is 0 Å². The Hall–Kier alpha value is -1.22. The highest BCUT2D eigenvalue weighted by molar-refractivity contribution is 5.36. The van der Waals surface area contributed by atoms with Crippen molar-refractivity contribution in [3.63, 3.8) is 0 Å². The Labute approximate surface area is 50.2 Å². The molecule has 0 unspecified atom stereocenters. The molecule has 0 aliphatic carbocycles. The van der Waals surface area contributed by atoms with Crippen LogP contribution in [0.15, 0.2) is 37.0 Å². The van der Waals surface area contributed by atoms with Crippen molar-refractivity contribution >= 4 is 0 Å². The van der Waals surface area contributed by atoms with Crippen molar-refractivity contribution in [3.8, 4) is 12.3 Å². The fraction of sp³-hybridized carbons (Fsp3) is 0. The van der Waals surface area contributed by atoms with E-state index in [-0.39, 0.29) is 0 Å². The van der Waals surface area contributed by atoms with Crippen LogP contribution in [0.5, 0.6) is 0 Å². The van der Waals surface area contributed by atoms with Crippen LogP contribution in [0.2, 0.25) is 0 Å². The van der Waals surface area contributed by atoms with E-state index < -0.39 is 0 Å². The molecule has 0 saturated heterocycles. The van der Waals surface area contributed by atoms with Crippen molar-refractivity contribution < 1.29 is 0 Å². The quantitative estimate of drug-likeness (QED) is 0.371. The molecule has 0 heteroatoms. The Morgan fingerprint density at radius 2 is 2.12 bits per heavy atom. The smallest absolute Gasteiger partial charge is 0.0236 e. The minimum Gasteiger partial charge on any atom is -0.115 e. The maximum Gasteiger partial charge on any atom is 0.0236 e. The monoisotopic (exact) mass is 104 g/mol. The fourth-order valence-electron chi connectivity index (χ4n) is 0.302. The van der Waals surface area contributed by atoms with Crippen molar-refractivity contribution in [2.75, 3.05) is 0 Å². The van der Waals surface area contributed by atoms with Gasteiger partial charge in [0.2, 0.25) is 0 Å². The van der Waals surface area contributed by atoms with E-state index in [1.54, 1.807) is 18.2 Å². The molecule has 0 spiro atoms. The van der Waals surface area contributed by atoms with E-state index in [0.29, 0.717) is 0 Å². The van der Waals surface area contributed by atoms with Crippen LogP contribution in [0, 0.1) is 12.3 Å². The number of allylic oxidation sites excluding steroid dienone is 4. The molecule has 0 radical (unpaired) electrons. The molecular formula is C8H8. The van der Waals surface area contributed by atoms with Crippen LogP contribution in [-0.2, 0) is 0 Å². The summed E-state index contributed by atoms with van der Waals surface area (Å²) >= 11 is 0. The summed E-state index contributed by atoms with van der Waals surface area (Å²) < 4.78 is 0. The van der Waals surface area contributed by atoms with Gasteiger partial charge in [-0.05, 0) is 6.08 Å². The Bertz CT molecular complexity index is 153. The van der Waals surface area contributed by atoms with Gasteiger partial charge in [0, 0.05) is 5.57 Å². The van der Waals surface area contributed by atoms with Gasteiger partial charge >= 0.3 is 0 Å². The molecule has 0 aromatic carbocycles. The Morgan fingerprint density at radius 1 is 1.50 bits per heavy atom. The first-order valence-corrected chi connectivity index (χ1v) is 2.27. The molecule has 0 heterocycles. The summed E-state index contributed by atoms with van der Waals surface area (Å²) in [4.78, 5) is 0. The van der Waals surface area contributed by atoms with Crippen LogP contribution in [-0.4, -0.2) is 0 Å². The van der Waals surface area contributed by atoms with Crippen molar-refractivity contribution in [2.45, 2.75) is 0 Å². The van der Waals surface area contributed by atoms with Gasteiger partial charge in [-0.25, -0.2) is 0 Å². The van der Waals surface area contributed by atoms with Crippen molar-refractivity contribution in [1.82, 2.24) is 0 Å². The summed E-state index contributed by atoms with van der Waals surface area (Å²) in [5, 5.41) is 0. The third-order valence-electron chi connectivity index (χ3n) is 0.684. The van der Waals surface area contributed by atoms with Crippen LogP contribution in [0.4, 0.5) is 0 Å². The average Bonchev–Trinajstić information content (AvgIpc) is 1.83. The predicted molar refractivity (Wildman–Crippen MR) is 37.3 cm³/mol. The fourth-order valence-corrected chi connectivity index (χ4v) is 0.302. The molecule has 0 fully saturated rings. The summed E-state index contributed by atoms with van der Waals surface area (Å²) in [6.07, 6.45) is 10.0. The summed E-state index contributed by atoms with van der Waals surface area (Å²) in [5.41, 5.74) is 0.764. The Balaban J connectivity index is 4.12. The summed E-state index contributed by atoms with van der Waals surface area (Å²) in [5.74, 6) is 2.42. The largest absolute Gasteiger partial charge is 0.115 e. The van der Waals surface area contributed by atoms with E-state index in [1.807, 2.05) is 0 Å². The second-order valence-corrected chi connectivity index (χ2v) is 1.21. The summed E-state index contributed by atoms with van der Waals surface area (Å²) in [6, 6.07) is 0. The lowest BCUT2D eigenvalue weighted by molar-refractivity contribution is 1.80. The predicted octanol–water partition coefficient (Wildman–Crippen LogP) is 1.92. The van der Waals surface area contributed by atoms with E-state index in [2.05, 4.69) is 19.1 Å². The van der Waals surface area contributed by atoms with Crippen LogP contribution in [0.3, 0.4) is 0 Å². The topological polar surface area (TPSA) is 0 Å². The molecule has 0 aromatic rings. The molecule has 0 saturated carbocycles. The zero-order chi connectivity index (χ0) is 6.41. The summed E-state index contributed by atoms with van der Waals surface area (Å²) in [7, 11) is 0. The molecule has 0 bridgehead atoms. The van der Waals surface area contributed by atoms with Gasteiger partial charge in [-0.15, -0.1) is 6.42 Å². The normalized spacial score (nSPS) is 9.62. The SMILES string of the molecule is C#C/C(C=C)=C/C=C. The Kier molecular flexibility index (Phi) is 3.35. The van der Waals surface area contributed by atoms with Crippen molar-refractivity contribution in [3.05, 3.63) is 37.0 Å². The second kappa shape index (κ2) is 3.95. The number of rotatable bonds is 2. The van der Waals surface area contributed by atoms with Gasteiger partial charge in [0.15, 0.2) is 0 Å². The lowest BCUT2D eigenvalue weighted by Gasteiger charge is -1.80. The second-order valence-electron chi connectivity index (χ2n) is 1.21. The molecule has 0 aliphatic rings. The number of terminal acetylenes is 1. The van der Waals surface area contributed by atoms with Crippen molar-refractivity contribution in [1.29, 1.82) is 0 Å². The van der Waals surface area contributed by atoms with Gasteiger partial charge in [0.1, 0.15) is 0 Å². The average molecular weight is 104 g/mol. The van der Waals surface area contributed by atoms with Crippen LogP contribution in [0.1, 0.15) is 0 Å². The number of hydrogen-bond donors (Lipinski definition) is 0. The van der Waals surface area contributed by atoms with E-state index in [0.717, 1.165) is 5.57 Å². The number of hydrogen-bond acceptors (Lipinski definition) is 0. The lowest BCUT2D eigenvalue weighted by Crippen LogP contribution is -1.64. The van der Waals surface area contributed by atoms with E-state index in [4.69, 9.17) is 6.42 Å². The third kappa shape index (κ3) is 2.04. The maximum absolute atomic E-state index is 5.03. The van der Waals surface area contributed by atoms with Crippen molar-refractivity contribution in [2.24, 2.45) is 0 Å². The molecule has 0 N–H and O–H groups in total. The van der Waals surface area contributed by atoms with Gasteiger partial charge in [-0.3, -0.25) is 0 Å². The highest BCUT2D eigenvalue weighted by atomic mass is 13.8. The van der Waals surface area contributed by atoms with Gasteiger partial charge in [0.05, 0.1) is 0 Å². The maximum atomic E-state index is 5.03. The van der Waals surface area contributed by atoms with E-state index in [1.165, 1.54) is 0 Å².